The lowest BCUT2D eigenvalue weighted by molar-refractivity contribution is -0.0168. The fourth-order valence-corrected chi connectivity index (χ4v) is 6.82. The van der Waals surface area contributed by atoms with Gasteiger partial charge in [-0.2, -0.15) is 0 Å². The zero-order chi connectivity index (χ0) is 17.9. The molecule has 0 unspecified atom stereocenters. The second-order valence-corrected chi connectivity index (χ2v) is 9.37. The molecule has 1 aromatic carbocycles. The van der Waals surface area contributed by atoms with Gasteiger partial charge in [-0.15, -0.1) is 0 Å². The summed E-state index contributed by atoms with van der Waals surface area (Å²) in [5.41, 5.74) is 1.52. The SMILES string of the molecule is Cc1nc(C(=O)NC23CC4CC(CC(C4)C2)C3)c(Br)n1-c1ccccc1. The number of carbonyl (C=O) groups excluding carboxylic acids is 1. The van der Waals surface area contributed by atoms with Crippen LogP contribution in [0.3, 0.4) is 0 Å². The van der Waals surface area contributed by atoms with Crippen LogP contribution in [-0.4, -0.2) is 21.0 Å². The van der Waals surface area contributed by atoms with Gasteiger partial charge in [0.25, 0.3) is 5.91 Å². The Hall–Kier alpha value is -1.62. The average molecular weight is 414 g/mol. The van der Waals surface area contributed by atoms with Crippen molar-refractivity contribution in [2.75, 3.05) is 0 Å². The van der Waals surface area contributed by atoms with Crippen molar-refractivity contribution in [3.63, 3.8) is 0 Å². The summed E-state index contributed by atoms with van der Waals surface area (Å²) in [5, 5.41) is 3.43. The number of rotatable bonds is 3. The maximum Gasteiger partial charge on any atom is 0.273 e. The Balaban J connectivity index is 1.43. The van der Waals surface area contributed by atoms with E-state index in [9.17, 15) is 4.79 Å². The van der Waals surface area contributed by atoms with Crippen molar-refractivity contribution < 1.29 is 4.79 Å². The van der Waals surface area contributed by atoms with Gasteiger partial charge in [0.05, 0.1) is 0 Å². The van der Waals surface area contributed by atoms with Gasteiger partial charge in [0.2, 0.25) is 0 Å². The Labute approximate surface area is 162 Å². The molecule has 136 valence electrons. The highest BCUT2D eigenvalue weighted by molar-refractivity contribution is 9.10. The Morgan fingerprint density at radius 2 is 1.69 bits per heavy atom. The molecule has 6 rings (SSSR count). The number of para-hydroxylation sites is 1. The molecule has 1 amide bonds. The van der Waals surface area contributed by atoms with Gasteiger partial charge in [-0.05, 0) is 91.3 Å². The van der Waals surface area contributed by atoms with Crippen molar-refractivity contribution in [2.24, 2.45) is 17.8 Å². The molecule has 1 heterocycles. The van der Waals surface area contributed by atoms with Crippen LogP contribution in [0.1, 0.15) is 54.8 Å². The van der Waals surface area contributed by atoms with E-state index < -0.39 is 0 Å². The number of imidazole rings is 1. The molecule has 4 nitrogen and oxygen atoms in total. The molecule has 5 heteroatoms. The molecule has 0 radical (unpaired) electrons. The number of benzene rings is 1. The summed E-state index contributed by atoms with van der Waals surface area (Å²) in [6.45, 7) is 1.94. The van der Waals surface area contributed by atoms with Crippen molar-refractivity contribution in [2.45, 2.75) is 51.0 Å². The number of nitrogens with one attached hydrogen (secondary N) is 1. The number of aryl methyl sites for hydroxylation is 1. The molecule has 1 N–H and O–H groups in total. The number of amides is 1. The molecule has 4 bridgehead atoms. The third-order valence-electron chi connectivity index (χ3n) is 6.64. The number of nitrogens with zero attached hydrogens (tertiary/aromatic N) is 2. The smallest absolute Gasteiger partial charge is 0.273 e. The first kappa shape index (κ1) is 16.5. The van der Waals surface area contributed by atoms with E-state index in [1.807, 2.05) is 41.8 Å². The van der Waals surface area contributed by atoms with Crippen LogP contribution in [0.4, 0.5) is 0 Å². The van der Waals surface area contributed by atoms with Gasteiger partial charge < -0.3 is 5.32 Å². The molecule has 4 saturated carbocycles. The molecule has 0 atom stereocenters. The van der Waals surface area contributed by atoms with Gasteiger partial charge >= 0.3 is 0 Å². The second kappa shape index (κ2) is 5.95. The zero-order valence-corrected chi connectivity index (χ0v) is 16.6. The molecule has 4 aliphatic carbocycles. The van der Waals surface area contributed by atoms with Crippen LogP contribution in [0.25, 0.3) is 5.69 Å². The summed E-state index contributed by atoms with van der Waals surface area (Å²) >= 11 is 3.63. The van der Waals surface area contributed by atoms with E-state index in [1.54, 1.807) is 0 Å². The van der Waals surface area contributed by atoms with Gasteiger partial charge in [0, 0.05) is 11.2 Å². The summed E-state index contributed by atoms with van der Waals surface area (Å²) < 4.78 is 2.73. The lowest BCUT2D eigenvalue weighted by Crippen LogP contribution is -2.59. The first-order chi connectivity index (χ1) is 12.5. The lowest BCUT2D eigenvalue weighted by atomic mass is 9.53. The summed E-state index contributed by atoms with van der Waals surface area (Å²) in [7, 11) is 0. The third-order valence-corrected chi connectivity index (χ3v) is 7.37. The average Bonchev–Trinajstić information content (AvgIpc) is 2.88. The van der Waals surface area contributed by atoms with E-state index in [0.717, 1.165) is 53.1 Å². The number of aromatic nitrogens is 2. The Bertz CT molecular complexity index is 822. The quantitative estimate of drug-likeness (QED) is 0.796. The molecular formula is C21H24BrN3O. The molecule has 2 aromatic rings. The van der Waals surface area contributed by atoms with E-state index in [1.165, 1.54) is 19.3 Å². The highest BCUT2D eigenvalue weighted by Crippen LogP contribution is 2.55. The van der Waals surface area contributed by atoms with Crippen LogP contribution in [-0.2, 0) is 0 Å². The predicted molar refractivity (Wildman–Crippen MR) is 104 cm³/mol. The van der Waals surface area contributed by atoms with Crippen LogP contribution in [0, 0.1) is 24.7 Å². The Morgan fingerprint density at radius 3 is 2.27 bits per heavy atom. The van der Waals surface area contributed by atoms with Gasteiger partial charge in [-0.1, -0.05) is 18.2 Å². The number of hydrogen-bond donors (Lipinski definition) is 1. The van der Waals surface area contributed by atoms with E-state index in [4.69, 9.17) is 0 Å². The van der Waals surface area contributed by atoms with Crippen LogP contribution < -0.4 is 5.32 Å². The number of carbonyl (C=O) groups is 1. The molecule has 4 fully saturated rings. The number of hydrogen-bond acceptors (Lipinski definition) is 2. The van der Waals surface area contributed by atoms with Gasteiger partial charge in [0.15, 0.2) is 5.69 Å². The first-order valence-corrected chi connectivity index (χ1v) is 10.4. The second-order valence-electron chi connectivity index (χ2n) is 8.62. The molecule has 4 aliphatic rings. The maximum atomic E-state index is 13.1. The van der Waals surface area contributed by atoms with Crippen LogP contribution in [0.5, 0.6) is 0 Å². The summed E-state index contributed by atoms with van der Waals surface area (Å²) in [6, 6.07) is 10.0. The lowest BCUT2D eigenvalue weighted by Gasteiger charge is -2.56. The van der Waals surface area contributed by atoms with Crippen molar-refractivity contribution in [3.8, 4) is 5.69 Å². The van der Waals surface area contributed by atoms with Gasteiger partial charge in [0.1, 0.15) is 10.4 Å². The monoisotopic (exact) mass is 413 g/mol. The largest absolute Gasteiger partial charge is 0.345 e. The molecule has 0 spiro atoms. The Kier molecular flexibility index (Phi) is 3.78. The molecule has 0 saturated heterocycles. The van der Waals surface area contributed by atoms with E-state index >= 15 is 0 Å². The molecule has 1 aromatic heterocycles. The van der Waals surface area contributed by atoms with Crippen molar-refractivity contribution in [3.05, 3.63) is 46.5 Å². The fraction of sp³-hybridized carbons (Fsp3) is 0.524. The molecule has 26 heavy (non-hydrogen) atoms. The zero-order valence-electron chi connectivity index (χ0n) is 15.0. The van der Waals surface area contributed by atoms with Crippen molar-refractivity contribution in [1.29, 1.82) is 0 Å². The predicted octanol–water partition coefficient (Wildman–Crippen LogP) is 4.64. The van der Waals surface area contributed by atoms with Crippen LogP contribution in [0.15, 0.2) is 34.9 Å². The summed E-state index contributed by atoms with van der Waals surface area (Å²) in [4.78, 5) is 17.7. The number of halogens is 1. The minimum Gasteiger partial charge on any atom is -0.345 e. The van der Waals surface area contributed by atoms with Gasteiger partial charge in [-0.3, -0.25) is 9.36 Å². The van der Waals surface area contributed by atoms with E-state index in [2.05, 4.69) is 26.2 Å². The van der Waals surface area contributed by atoms with Gasteiger partial charge in [-0.25, -0.2) is 4.98 Å². The normalized spacial score (nSPS) is 32.0. The highest BCUT2D eigenvalue weighted by atomic mass is 79.9. The summed E-state index contributed by atoms with van der Waals surface area (Å²) in [5.74, 6) is 3.23. The standard InChI is InChI=1S/C21H24BrN3O/c1-13-23-18(19(22)25(13)17-5-3-2-4-6-17)20(26)24-21-10-14-7-15(11-21)9-16(8-14)12-21/h2-6,14-16H,7-12H2,1H3,(H,24,26). The van der Waals surface area contributed by atoms with Crippen LogP contribution >= 0.6 is 15.9 Å². The van der Waals surface area contributed by atoms with Crippen LogP contribution in [0.2, 0.25) is 0 Å². The topological polar surface area (TPSA) is 46.9 Å². The molecule has 0 aliphatic heterocycles. The van der Waals surface area contributed by atoms with E-state index in [0.29, 0.717) is 5.69 Å². The fourth-order valence-electron chi connectivity index (χ4n) is 6.09. The third kappa shape index (κ3) is 2.63. The highest BCUT2D eigenvalue weighted by Gasteiger charge is 2.51. The van der Waals surface area contributed by atoms with E-state index in [-0.39, 0.29) is 11.4 Å². The minimum absolute atomic E-state index is 0.00963. The Morgan fingerprint density at radius 1 is 1.12 bits per heavy atom. The first-order valence-electron chi connectivity index (χ1n) is 9.66. The summed E-state index contributed by atoms with van der Waals surface area (Å²) in [6.07, 6.45) is 7.59. The molecular weight excluding hydrogens is 390 g/mol. The maximum absolute atomic E-state index is 13.1. The van der Waals surface area contributed by atoms with Crippen molar-refractivity contribution >= 4 is 21.8 Å². The minimum atomic E-state index is -0.0309. The van der Waals surface area contributed by atoms with Crippen molar-refractivity contribution in [1.82, 2.24) is 14.9 Å².